The van der Waals surface area contributed by atoms with E-state index in [9.17, 15) is 9.59 Å². The summed E-state index contributed by atoms with van der Waals surface area (Å²) in [5.41, 5.74) is 5.78. The minimum absolute atomic E-state index is 0.0901. The van der Waals surface area contributed by atoms with Crippen LogP contribution in [0.25, 0.3) is 0 Å². The molecule has 3 rings (SSSR count). The summed E-state index contributed by atoms with van der Waals surface area (Å²) in [7, 11) is 0. The Bertz CT molecular complexity index is 1020. The van der Waals surface area contributed by atoms with Crippen molar-refractivity contribution in [2.24, 2.45) is 0 Å². The van der Waals surface area contributed by atoms with Gasteiger partial charge in [0.25, 0.3) is 11.8 Å². The highest BCUT2D eigenvalue weighted by Gasteiger charge is 2.18. The molecule has 0 spiro atoms. The fourth-order valence-corrected chi connectivity index (χ4v) is 3.38. The van der Waals surface area contributed by atoms with Crippen molar-refractivity contribution in [3.63, 3.8) is 0 Å². The molecule has 0 unspecified atom stereocenters. The fourth-order valence-electron chi connectivity index (χ4n) is 3.38. The van der Waals surface area contributed by atoms with Crippen molar-refractivity contribution < 1.29 is 9.59 Å². The first-order chi connectivity index (χ1) is 13.9. The first kappa shape index (κ1) is 20.3. The molecule has 3 aromatic rings. The van der Waals surface area contributed by atoms with Gasteiger partial charge in [0.05, 0.1) is 0 Å². The van der Waals surface area contributed by atoms with Gasteiger partial charge in [0, 0.05) is 29.0 Å². The Hall–Kier alpha value is -3.40. The smallest absolute Gasteiger partial charge is 0.258 e. The van der Waals surface area contributed by atoms with E-state index in [1.54, 1.807) is 29.2 Å². The Morgan fingerprint density at radius 1 is 0.828 bits per heavy atom. The lowest BCUT2D eigenvalue weighted by molar-refractivity contribution is 0.0985. The summed E-state index contributed by atoms with van der Waals surface area (Å²) < 4.78 is 0. The summed E-state index contributed by atoms with van der Waals surface area (Å²) in [6.45, 7) is 8.48. The van der Waals surface area contributed by atoms with E-state index < -0.39 is 0 Å². The molecular weight excluding hydrogens is 360 g/mol. The van der Waals surface area contributed by atoms with E-state index in [1.807, 2.05) is 64.1 Å². The second kappa shape index (κ2) is 8.74. The van der Waals surface area contributed by atoms with Gasteiger partial charge in [-0.15, -0.1) is 0 Å². The van der Waals surface area contributed by atoms with Gasteiger partial charge in [-0.25, -0.2) is 0 Å². The second-order valence-electron chi connectivity index (χ2n) is 7.25. The first-order valence-corrected chi connectivity index (χ1v) is 9.76. The van der Waals surface area contributed by atoms with Crippen LogP contribution in [0.4, 0.5) is 11.4 Å². The van der Waals surface area contributed by atoms with Gasteiger partial charge in [0.15, 0.2) is 0 Å². The van der Waals surface area contributed by atoms with Gasteiger partial charge in [-0.2, -0.15) is 0 Å². The van der Waals surface area contributed by atoms with Crippen LogP contribution in [0.1, 0.15) is 44.3 Å². The lowest BCUT2D eigenvalue weighted by atomic mass is 10.1. The molecule has 0 radical (unpaired) electrons. The SMILES string of the molecule is CCN(C(=O)c1ccc(C)c(NC(=O)c2ccccc2)c1)c1cc(C)cc(C)c1. The molecule has 0 aliphatic carbocycles. The molecule has 0 aromatic heterocycles. The molecule has 0 saturated heterocycles. The van der Waals surface area contributed by atoms with E-state index in [1.165, 1.54) is 0 Å². The van der Waals surface area contributed by atoms with Crippen molar-refractivity contribution in [1.82, 2.24) is 0 Å². The maximum absolute atomic E-state index is 13.2. The number of carbonyl (C=O) groups excluding carboxylic acids is 2. The summed E-state index contributed by atoms with van der Waals surface area (Å²) >= 11 is 0. The van der Waals surface area contributed by atoms with Gasteiger partial charge in [0.2, 0.25) is 0 Å². The molecule has 1 N–H and O–H groups in total. The molecule has 0 aliphatic heterocycles. The van der Waals surface area contributed by atoms with E-state index in [0.29, 0.717) is 23.4 Å². The van der Waals surface area contributed by atoms with Gasteiger partial charge < -0.3 is 10.2 Å². The monoisotopic (exact) mass is 386 g/mol. The highest BCUT2D eigenvalue weighted by atomic mass is 16.2. The molecule has 2 amide bonds. The van der Waals surface area contributed by atoms with Crippen molar-refractivity contribution in [2.75, 3.05) is 16.8 Å². The third-order valence-electron chi connectivity index (χ3n) is 4.85. The number of amides is 2. The Morgan fingerprint density at radius 3 is 2.10 bits per heavy atom. The lowest BCUT2D eigenvalue weighted by Crippen LogP contribution is -2.31. The summed E-state index contributed by atoms with van der Waals surface area (Å²) in [5, 5.41) is 2.93. The molecular formula is C25H26N2O2. The first-order valence-electron chi connectivity index (χ1n) is 9.76. The molecule has 4 nitrogen and oxygen atoms in total. The van der Waals surface area contributed by atoms with E-state index >= 15 is 0 Å². The van der Waals surface area contributed by atoms with Gasteiger partial charge in [-0.1, -0.05) is 30.3 Å². The maximum atomic E-state index is 13.2. The Kier molecular flexibility index (Phi) is 6.13. The topological polar surface area (TPSA) is 49.4 Å². The average molecular weight is 386 g/mol. The zero-order valence-electron chi connectivity index (χ0n) is 17.3. The minimum Gasteiger partial charge on any atom is -0.322 e. The van der Waals surface area contributed by atoms with Crippen LogP contribution in [-0.4, -0.2) is 18.4 Å². The van der Waals surface area contributed by atoms with Gasteiger partial charge >= 0.3 is 0 Å². The molecule has 0 atom stereocenters. The predicted octanol–water partition coefficient (Wildman–Crippen LogP) is 5.53. The summed E-state index contributed by atoms with van der Waals surface area (Å²) in [5.74, 6) is -0.285. The third-order valence-corrected chi connectivity index (χ3v) is 4.85. The lowest BCUT2D eigenvalue weighted by Gasteiger charge is -2.23. The molecule has 0 heterocycles. The fraction of sp³-hybridized carbons (Fsp3) is 0.200. The van der Waals surface area contributed by atoms with Crippen molar-refractivity contribution in [2.45, 2.75) is 27.7 Å². The summed E-state index contributed by atoms with van der Waals surface area (Å²) in [6.07, 6.45) is 0. The van der Waals surface area contributed by atoms with E-state index in [0.717, 1.165) is 22.4 Å². The average Bonchev–Trinajstić information content (AvgIpc) is 2.70. The van der Waals surface area contributed by atoms with Crippen LogP contribution < -0.4 is 10.2 Å². The third kappa shape index (κ3) is 4.72. The molecule has 148 valence electrons. The van der Waals surface area contributed by atoms with Gasteiger partial charge in [-0.3, -0.25) is 9.59 Å². The maximum Gasteiger partial charge on any atom is 0.258 e. The summed E-state index contributed by atoms with van der Waals surface area (Å²) in [6, 6.07) is 20.6. The zero-order chi connectivity index (χ0) is 21.0. The number of aryl methyl sites for hydroxylation is 3. The van der Waals surface area contributed by atoms with E-state index in [2.05, 4.69) is 11.4 Å². The number of hydrogen-bond acceptors (Lipinski definition) is 2. The molecule has 3 aromatic carbocycles. The highest BCUT2D eigenvalue weighted by molar-refractivity contribution is 6.08. The van der Waals surface area contributed by atoms with Gasteiger partial charge in [-0.05, 0) is 80.8 Å². The Labute approximate surface area is 172 Å². The highest BCUT2D eigenvalue weighted by Crippen LogP contribution is 2.24. The standard InChI is InChI=1S/C25H26N2O2/c1-5-27(22-14-17(2)13-18(3)15-22)25(29)21-12-11-19(4)23(16-21)26-24(28)20-9-7-6-8-10-20/h6-16H,5H2,1-4H3,(H,26,28). The van der Waals surface area contributed by atoms with Crippen LogP contribution >= 0.6 is 0 Å². The minimum atomic E-state index is -0.194. The second-order valence-corrected chi connectivity index (χ2v) is 7.25. The molecule has 0 aliphatic rings. The Balaban J connectivity index is 1.89. The quantitative estimate of drug-likeness (QED) is 0.627. The van der Waals surface area contributed by atoms with Crippen LogP contribution in [0.3, 0.4) is 0 Å². The van der Waals surface area contributed by atoms with Gasteiger partial charge in [0.1, 0.15) is 0 Å². The number of benzene rings is 3. The predicted molar refractivity (Wildman–Crippen MR) is 119 cm³/mol. The summed E-state index contributed by atoms with van der Waals surface area (Å²) in [4.78, 5) is 27.5. The zero-order valence-corrected chi connectivity index (χ0v) is 17.3. The van der Waals surface area contributed by atoms with Crippen molar-refractivity contribution >= 4 is 23.2 Å². The van der Waals surface area contributed by atoms with Crippen molar-refractivity contribution in [3.8, 4) is 0 Å². The van der Waals surface area contributed by atoms with Crippen LogP contribution in [0.2, 0.25) is 0 Å². The van der Waals surface area contributed by atoms with E-state index in [4.69, 9.17) is 0 Å². The number of hydrogen-bond donors (Lipinski definition) is 1. The molecule has 29 heavy (non-hydrogen) atoms. The molecule has 0 fully saturated rings. The van der Waals surface area contributed by atoms with Crippen LogP contribution in [0.5, 0.6) is 0 Å². The van der Waals surface area contributed by atoms with Crippen LogP contribution in [0.15, 0.2) is 66.7 Å². The Morgan fingerprint density at radius 2 is 1.48 bits per heavy atom. The largest absolute Gasteiger partial charge is 0.322 e. The molecule has 0 bridgehead atoms. The van der Waals surface area contributed by atoms with E-state index in [-0.39, 0.29) is 11.8 Å². The number of rotatable bonds is 5. The number of carbonyl (C=O) groups is 2. The number of nitrogens with zero attached hydrogens (tertiary/aromatic N) is 1. The molecule has 0 saturated carbocycles. The van der Waals surface area contributed by atoms with Crippen LogP contribution in [0, 0.1) is 20.8 Å². The van der Waals surface area contributed by atoms with Crippen LogP contribution in [-0.2, 0) is 0 Å². The van der Waals surface area contributed by atoms with Crippen molar-refractivity contribution in [1.29, 1.82) is 0 Å². The normalized spacial score (nSPS) is 10.5. The number of anilines is 2. The van der Waals surface area contributed by atoms with Crippen molar-refractivity contribution in [3.05, 3.63) is 94.5 Å². The number of nitrogens with one attached hydrogen (secondary N) is 1. The molecule has 4 heteroatoms.